The lowest BCUT2D eigenvalue weighted by molar-refractivity contribution is 0.264. The van der Waals surface area contributed by atoms with Gasteiger partial charge in [-0.25, -0.2) is 0 Å². The first-order valence-electron chi connectivity index (χ1n) is 3.34. The van der Waals surface area contributed by atoms with Crippen molar-refractivity contribution < 1.29 is 15.3 Å². The van der Waals surface area contributed by atoms with Gasteiger partial charge in [0.1, 0.15) is 5.75 Å². The first-order valence-corrected chi connectivity index (χ1v) is 3.34. The summed E-state index contributed by atoms with van der Waals surface area (Å²) in [5.41, 5.74) is 1.03. The number of hydrogen-bond donors (Lipinski definition) is 2. The maximum Gasteiger partial charge on any atom is 0.173 e. The van der Waals surface area contributed by atoms with Crippen LogP contribution in [0.4, 0.5) is 0 Å². The molecule has 0 fully saturated rings. The fourth-order valence-electron chi connectivity index (χ4n) is 0.915. The molecule has 11 heavy (non-hydrogen) atoms. The van der Waals surface area contributed by atoms with Crippen LogP contribution in [0, 0.1) is 0 Å². The van der Waals surface area contributed by atoms with Gasteiger partial charge in [-0.05, 0) is 6.07 Å². The van der Waals surface area contributed by atoms with Crippen LogP contribution in [-0.4, -0.2) is 15.3 Å². The molecule has 4 N–H and O–H groups in total. The quantitative estimate of drug-likeness (QED) is 0.595. The lowest BCUT2D eigenvalue weighted by Gasteiger charge is -2.02. The Morgan fingerprint density at radius 3 is 2.45 bits per heavy atom. The van der Waals surface area contributed by atoms with Gasteiger partial charge in [0, 0.05) is 5.56 Å². The summed E-state index contributed by atoms with van der Waals surface area (Å²) in [6, 6.07) is 5.02. The molecule has 0 aromatic heterocycles. The monoisotopic (exact) mass is 155 g/mol. The summed E-state index contributed by atoms with van der Waals surface area (Å²) in [6.07, 6.45) is 0. The van der Waals surface area contributed by atoms with Crippen molar-refractivity contribution in [3.63, 3.8) is 0 Å². The summed E-state index contributed by atoms with van der Waals surface area (Å²) in [5.74, 6) is 0.0463. The molecule has 0 bridgehead atoms. The van der Waals surface area contributed by atoms with Crippen LogP contribution in [0.15, 0.2) is 18.2 Å². The van der Waals surface area contributed by atoms with E-state index in [-0.39, 0.29) is 19.0 Å². The fourth-order valence-corrected chi connectivity index (χ4v) is 0.915. The normalized spacial score (nSPS) is 10.0. The molecule has 1 rings (SSSR count). The SMILES string of the molecule is OCc1cccc(C[OH2+])c1O. The van der Waals surface area contributed by atoms with Crippen LogP contribution in [0.2, 0.25) is 0 Å². The molecule has 0 amide bonds. The molecule has 0 atom stereocenters. The van der Waals surface area contributed by atoms with E-state index in [0.29, 0.717) is 11.1 Å². The molecule has 0 radical (unpaired) electrons. The van der Waals surface area contributed by atoms with Gasteiger partial charge in [0.25, 0.3) is 0 Å². The average Bonchev–Trinajstić information content (AvgIpc) is 2.05. The molecule has 3 nitrogen and oxygen atoms in total. The van der Waals surface area contributed by atoms with Crippen LogP contribution in [0.1, 0.15) is 11.1 Å². The van der Waals surface area contributed by atoms with Crippen LogP contribution in [0.3, 0.4) is 0 Å². The molecular formula is C8H11O3+. The minimum Gasteiger partial charge on any atom is -0.507 e. The van der Waals surface area contributed by atoms with E-state index < -0.39 is 0 Å². The van der Waals surface area contributed by atoms with Crippen LogP contribution in [-0.2, 0) is 13.2 Å². The van der Waals surface area contributed by atoms with Crippen LogP contribution < -0.4 is 0 Å². The van der Waals surface area contributed by atoms with E-state index in [9.17, 15) is 5.11 Å². The predicted octanol–water partition coefficient (Wildman–Crippen LogP) is 0.109. The first-order chi connectivity index (χ1) is 5.29. The summed E-state index contributed by atoms with van der Waals surface area (Å²) >= 11 is 0. The second-order valence-electron chi connectivity index (χ2n) is 2.26. The fraction of sp³-hybridized carbons (Fsp3) is 0.250. The van der Waals surface area contributed by atoms with Gasteiger partial charge < -0.3 is 15.3 Å². The third-order valence-electron chi connectivity index (χ3n) is 1.56. The summed E-state index contributed by atoms with van der Waals surface area (Å²) in [6.45, 7) is -0.140. The maximum atomic E-state index is 9.31. The van der Waals surface area contributed by atoms with Crippen molar-refractivity contribution >= 4 is 0 Å². The van der Waals surface area contributed by atoms with Gasteiger partial charge in [-0.1, -0.05) is 12.1 Å². The Hall–Kier alpha value is -1.06. The van der Waals surface area contributed by atoms with Crippen molar-refractivity contribution in [3.8, 4) is 5.75 Å². The third kappa shape index (κ3) is 1.50. The molecule has 0 heterocycles. The van der Waals surface area contributed by atoms with Crippen molar-refractivity contribution in [2.45, 2.75) is 13.2 Å². The summed E-state index contributed by atoms with van der Waals surface area (Å²) in [5, 5.41) is 25.0. The Balaban J connectivity index is 3.10. The van der Waals surface area contributed by atoms with Crippen molar-refractivity contribution in [1.82, 2.24) is 0 Å². The van der Waals surface area contributed by atoms with E-state index >= 15 is 0 Å². The van der Waals surface area contributed by atoms with Crippen LogP contribution in [0.25, 0.3) is 0 Å². The van der Waals surface area contributed by atoms with Crippen LogP contribution in [0.5, 0.6) is 5.75 Å². The highest BCUT2D eigenvalue weighted by Crippen LogP contribution is 2.21. The van der Waals surface area contributed by atoms with Crippen molar-refractivity contribution in [3.05, 3.63) is 29.3 Å². The lowest BCUT2D eigenvalue weighted by atomic mass is 10.1. The smallest absolute Gasteiger partial charge is 0.173 e. The minimum atomic E-state index is -0.181. The minimum absolute atomic E-state index is 0.0413. The molecule has 0 unspecified atom stereocenters. The van der Waals surface area contributed by atoms with Gasteiger partial charge in [0.15, 0.2) is 6.61 Å². The Morgan fingerprint density at radius 1 is 1.27 bits per heavy atom. The standard InChI is InChI=1S/C8H10O3/c9-4-6-2-1-3-7(5-10)8(6)11/h1-3,9-11H,4-5H2/p+1. The number of rotatable bonds is 2. The van der Waals surface area contributed by atoms with Crippen molar-refractivity contribution in [2.24, 2.45) is 0 Å². The number of hydrogen-bond acceptors (Lipinski definition) is 2. The van der Waals surface area contributed by atoms with E-state index in [2.05, 4.69) is 0 Å². The topological polar surface area (TPSA) is 63.4 Å². The zero-order valence-corrected chi connectivity index (χ0v) is 6.04. The number of para-hydroxylation sites is 1. The largest absolute Gasteiger partial charge is 0.507 e. The molecule has 0 saturated heterocycles. The van der Waals surface area contributed by atoms with Gasteiger partial charge in [-0.15, -0.1) is 0 Å². The van der Waals surface area contributed by atoms with E-state index in [1.54, 1.807) is 18.2 Å². The van der Waals surface area contributed by atoms with Crippen molar-refractivity contribution in [2.75, 3.05) is 0 Å². The van der Waals surface area contributed by atoms with Gasteiger partial charge in [0.2, 0.25) is 0 Å². The first kappa shape index (κ1) is 8.04. The molecule has 0 saturated carbocycles. The number of aromatic hydroxyl groups is 1. The van der Waals surface area contributed by atoms with E-state index in [1.807, 2.05) is 0 Å². The van der Waals surface area contributed by atoms with E-state index in [0.717, 1.165) is 0 Å². The molecule has 0 aliphatic heterocycles. The number of aliphatic hydroxyl groups excluding tert-OH is 1. The summed E-state index contributed by atoms with van der Waals surface area (Å²) < 4.78 is 0. The van der Waals surface area contributed by atoms with E-state index in [1.165, 1.54) is 0 Å². The highest BCUT2D eigenvalue weighted by molar-refractivity contribution is 5.39. The van der Waals surface area contributed by atoms with E-state index in [4.69, 9.17) is 10.2 Å². The van der Waals surface area contributed by atoms with Gasteiger partial charge in [-0.3, -0.25) is 0 Å². The van der Waals surface area contributed by atoms with Gasteiger partial charge in [0.05, 0.1) is 12.2 Å². The Bertz CT molecular complexity index is 223. The van der Waals surface area contributed by atoms with Gasteiger partial charge in [-0.2, -0.15) is 0 Å². The van der Waals surface area contributed by atoms with Crippen LogP contribution >= 0.6 is 0 Å². The highest BCUT2D eigenvalue weighted by Gasteiger charge is 2.05. The third-order valence-corrected chi connectivity index (χ3v) is 1.56. The second-order valence-corrected chi connectivity index (χ2v) is 2.26. The Morgan fingerprint density at radius 2 is 1.91 bits per heavy atom. The zero-order chi connectivity index (χ0) is 8.27. The maximum absolute atomic E-state index is 9.31. The average molecular weight is 155 g/mol. The lowest BCUT2D eigenvalue weighted by Crippen LogP contribution is -1.89. The molecule has 0 aliphatic carbocycles. The highest BCUT2D eigenvalue weighted by atomic mass is 16.3. The zero-order valence-electron chi connectivity index (χ0n) is 6.04. The van der Waals surface area contributed by atoms with Crippen molar-refractivity contribution in [1.29, 1.82) is 0 Å². The molecule has 1 aromatic carbocycles. The molecule has 0 aliphatic rings. The second kappa shape index (κ2) is 3.37. The number of phenols is 1. The Labute approximate surface area is 64.5 Å². The number of benzene rings is 1. The molecule has 3 heteroatoms. The summed E-state index contributed by atoms with van der Waals surface area (Å²) in [7, 11) is 0. The molecular weight excluding hydrogens is 144 g/mol. The molecule has 0 spiro atoms. The Kier molecular flexibility index (Phi) is 2.46. The molecule has 1 aromatic rings. The molecule has 60 valence electrons. The predicted molar refractivity (Wildman–Crippen MR) is 41.3 cm³/mol. The number of aliphatic hydroxyl groups is 1. The summed E-state index contributed by atoms with van der Waals surface area (Å²) in [4.78, 5) is 0. The van der Waals surface area contributed by atoms with Gasteiger partial charge >= 0.3 is 0 Å².